The molecule has 0 radical (unpaired) electrons. The second kappa shape index (κ2) is 7.87. The lowest BCUT2D eigenvalue weighted by atomic mass is 10.1. The minimum Gasteiger partial charge on any atom is -0.496 e. The van der Waals surface area contributed by atoms with Crippen molar-refractivity contribution in [1.29, 1.82) is 0 Å². The normalized spacial score (nSPS) is 11.9. The molecule has 1 aromatic carbocycles. The summed E-state index contributed by atoms with van der Waals surface area (Å²) in [6, 6.07) is 4.00. The topological polar surface area (TPSA) is 87.7 Å². The van der Waals surface area contributed by atoms with Crippen molar-refractivity contribution in [2.45, 2.75) is 26.4 Å². The Balaban J connectivity index is 2.65. The van der Waals surface area contributed by atoms with Crippen LogP contribution >= 0.6 is 15.9 Å². The van der Waals surface area contributed by atoms with Gasteiger partial charge in [0.2, 0.25) is 0 Å². The van der Waals surface area contributed by atoms with Crippen molar-refractivity contribution < 1.29 is 19.4 Å². The average Bonchev–Trinajstić information content (AvgIpc) is 2.42. The molecule has 2 amide bonds. The van der Waals surface area contributed by atoms with E-state index in [2.05, 4.69) is 26.6 Å². The molecule has 21 heavy (non-hydrogen) atoms. The highest BCUT2D eigenvalue weighted by Crippen LogP contribution is 2.22. The number of carbonyl (C=O) groups is 2. The molecule has 0 spiro atoms. The van der Waals surface area contributed by atoms with Crippen LogP contribution in [0.15, 0.2) is 22.7 Å². The molecule has 0 heterocycles. The summed E-state index contributed by atoms with van der Waals surface area (Å²) >= 11 is 3.35. The van der Waals surface area contributed by atoms with Crippen molar-refractivity contribution >= 4 is 27.9 Å². The molecular formula is C14H19BrN2O4. The van der Waals surface area contributed by atoms with E-state index < -0.39 is 18.0 Å². The Morgan fingerprint density at radius 1 is 1.38 bits per heavy atom. The number of aliphatic carboxylic acids is 1. The third-order valence-electron chi connectivity index (χ3n) is 2.90. The van der Waals surface area contributed by atoms with Gasteiger partial charge in [0.25, 0.3) is 0 Å². The van der Waals surface area contributed by atoms with E-state index in [0.29, 0.717) is 5.75 Å². The van der Waals surface area contributed by atoms with Crippen LogP contribution in [0.5, 0.6) is 5.75 Å². The number of hydrogen-bond donors (Lipinski definition) is 3. The molecule has 0 fully saturated rings. The number of carboxylic acids is 1. The van der Waals surface area contributed by atoms with E-state index in [1.165, 1.54) is 0 Å². The first-order chi connectivity index (χ1) is 9.85. The van der Waals surface area contributed by atoms with Crippen LogP contribution < -0.4 is 15.4 Å². The van der Waals surface area contributed by atoms with Crippen LogP contribution in [0, 0.1) is 5.92 Å². The molecule has 7 heteroatoms. The molecule has 6 nitrogen and oxygen atoms in total. The Hall–Kier alpha value is -1.76. The molecule has 1 atom stereocenters. The Morgan fingerprint density at radius 3 is 2.57 bits per heavy atom. The average molecular weight is 359 g/mol. The van der Waals surface area contributed by atoms with Gasteiger partial charge in [-0.05, 0) is 24.1 Å². The van der Waals surface area contributed by atoms with Crippen LogP contribution in [-0.4, -0.2) is 30.3 Å². The molecule has 1 unspecified atom stereocenters. The molecule has 0 aliphatic heterocycles. The quantitative estimate of drug-likeness (QED) is 0.728. The Morgan fingerprint density at radius 2 is 2.05 bits per heavy atom. The number of ether oxygens (including phenoxy) is 1. The zero-order valence-electron chi connectivity index (χ0n) is 12.1. The lowest BCUT2D eigenvalue weighted by molar-refractivity contribution is -0.140. The lowest BCUT2D eigenvalue weighted by Gasteiger charge is -2.18. The molecule has 0 saturated heterocycles. The molecule has 116 valence electrons. The molecule has 1 aromatic rings. The molecule has 0 aliphatic carbocycles. The lowest BCUT2D eigenvalue weighted by Crippen LogP contribution is -2.48. The second-order valence-electron chi connectivity index (χ2n) is 4.84. The fraction of sp³-hybridized carbons (Fsp3) is 0.429. The van der Waals surface area contributed by atoms with Crippen molar-refractivity contribution in [3.8, 4) is 5.75 Å². The summed E-state index contributed by atoms with van der Waals surface area (Å²) in [5.74, 6) is -0.606. The number of methoxy groups -OCH3 is 1. The summed E-state index contributed by atoms with van der Waals surface area (Å²) in [5.41, 5.74) is 0.790. The minimum atomic E-state index is -1.06. The number of carboxylic acid groups (broad SMARTS) is 1. The van der Waals surface area contributed by atoms with Gasteiger partial charge in [-0.2, -0.15) is 0 Å². The van der Waals surface area contributed by atoms with Gasteiger partial charge in [-0.3, -0.25) is 0 Å². The highest BCUT2D eigenvalue weighted by molar-refractivity contribution is 9.10. The van der Waals surface area contributed by atoms with Gasteiger partial charge < -0.3 is 20.5 Å². The van der Waals surface area contributed by atoms with E-state index in [1.807, 2.05) is 12.1 Å². The van der Waals surface area contributed by atoms with Crippen LogP contribution in [0.3, 0.4) is 0 Å². The fourth-order valence-corrected chi connectivity index (χ4v) is 2.18. The summed E-state index contributed by atoms with van der Waals surface area (Å²) < 4.78 is 6.07. The van der Waals surface area contributed by atoms with E-state index >= 15 is 0 Å². The van der Waals surface area contributed by atoms with Crippen LogP contribution in [0.1, 0.15) is 19.4 Å². The first-order valence-electron chi connectivity index (χ1n) is 6.44. The van der Waals surface area contributed by atoms with Crippen LogP contribution in [0.2, 0.25) is 0 Å². The van der Waals surface area contributed by atoms with Gasteiger partial charge >= 0.3 is 12.0 Å². The molecule has 0 aromatic heterocycles. The van der Waals surface area contributed by atoms with E-state index in [1.54, 1.807) is 27.0 Å². The Kier molecular flexibility index (Phi) is 6.48. The van der Waals surface area contributed by atoms with Crippen molar-refractivity contribution in [1.82, 2.24) is 10.6 Å². The van der Waals surface area contributed by atoms with Crippen molar-refractivity contribution in [3.05, 3.63) is 28.2 Å². The molecular weight excluding hydrogens is 340 g/mol. The monoisotopic (exact) mass is 358 g/mol. The van der Waals surface area contributed by atoms with E-state index in [0.717, 1.165) is 10.0 Å². The van der Waals surface area contributed by atoms with Gasteiger partial charge in [0.1, 0.15) is 11.8 Å². The SMILES string of the molecule is COc1ccc(Br)cc1CNC(=O)NC(C(=O)O)C(C)C. The molecule has 1 rings (SSSR count). The molecule has 0 saturated carbocycles. The van der Waals surface area contributed by atoms with Gasteiger partial charge in [0.05, 0.1) is 7.11 Å². The number of amides is 2. The third-order valence-corrected chi connectivity index (χ3v) is 3.39. The second-order valence-corrected chi connectivity index (χ2v) is 5.76. The predicted molar refractivity (Wildman–Crippen MR) is 82.3 cm³/mol. The molecule has 0 aliphatic rings. The number of rotatable bonds is 6. The van der Waals surface area contributed by atoms with Gasteiger partial charge in [0, 0.05) is 16.6 Å². The summed E-state index contributed by atoms with van der Waals surface area (Å²) in [4.78, 5) is 22.8. The van der Waals surface area contributed by atoms with E-state index in [4.69, 9.17) is 9.84 Å². The Labute approximate surface area is 132 Å². The largest absolute Gasteiger partial charge is 0.496 e. The minimum absolute atomic E-state index is 0.200. The van der Waals surface area contributed by atoms with Crippen LogP contribution in [-0.2, 0) is 11.3 Å². The highest BCUT2D eigenvalue weighted by atomic mass is 79.9. The summed E-state index contributed by atoms with van der Waals surface area (Å²) in [6.07, 6.45) is 0. The Bertz CT molecular complexity index is 520. The number of carbonyl (C=O) groups excluding carboxylic acids is 1. The zero-order chi connectivity index (χ0) is 16.0. The van der Waals surface area contributed by atoms with Gasteiger partial charge in [-0.15, -0.1) is 0 Å². The van der Waals surface area contributed by atoms with E-state index in [-0.39, 0.29) is 12.5 Å². The maximum atomic E-state index is 11.8. The van der Waals surface area contributed by atoms with Gasteiger partial charge in [-0.1, -0.05) is 29.8 Å². The number of nitrogens with one attached hydrogen (secondary N) is 2. The zero-order valence-corrected chi connectivity index (χ0v) is 13.7. The summed E-state index contributed by atoms with van der Waals surface area (Å²) in [7, 11) is 1.55. The smallest absolute Gasteiger partial charge is 0.326 e. The van der Waals surface area contributed by atoms with Crippen molar-refractivity contribution in [2.75, 3.05) is 7.11 Å². The van der Waals surface area contributed by atoms with Crippen molar-refractivity contribution in [2.24, 2.45) is 5.92 Å². The third kappa shape index (κ3) is 5.26. The molecule has 0 bridgehead atoms. The highest BCUT2D eigenvalue weighted by Gasteiger charge is 2.23. The first-order valence-corrected chi connectivity index (χ1v) is 7.24. The van der Waals surface area contributed by atoms with Crippen LogP contribution in [0.4, 0.5) is 4.79 Å². The van der Waals surface area contributed by atoms with Gasteiger partial charge in [0.15, 0.2) is 0 Å². The standard InChI is InChI=1S/C14H19BrN2O4/c1-8(2)12(13(18)19)17-14(20)16-7-9-6-10(15)4-5-11(9)21-3/h4-6,8,12H,7H2,1-3H3,(H,18,19)(H2,16,17,20). The van der Waals surface area contributed by atoms with E-state index in [9.17, 15) is 9.59 Å². The fourth-order valence-electron chi connectivity index (χ4n) is 1.77. The predicted octanol–water partition coefficient (Wildman–Crippen LogP) is 2.37. The van der Waals surface area contributed by atoms with Gasteiger partial charge in [-0.25, -0.2) is 9.59 Å². The maximum Gasteiger partial charge on any atom is 0.326 e. The number of halogens is 1. The summed E-state index contributed by atoms with van der Waals surface area (Å²) in [5, 5.41) is 14.1. The maximum absolute atomic E-state index is 11.8. The number of benzene rings is 1. The van der Waals surface area contributed by atoms with Crippen LogP contribution in [0.25, 0.3) is 0 Å². The summed E-state index contributed by atoms with van der Waals surface area (Å²) in [6.45, 7) is 3.70. The van der Waals surface area contributed by atoms with Crippen molar-refractivity contribution in [3.63, 3.8) is 0 Å². The number of hydrogen-bond acceptors (Lipinski definition) is 3. The first kappa shape index (κ1) is 17.3. The number of urea groups is 1. The molecule has 3 N–H and O–H groups in total.